The van der Waals surface area contributed by atoms with Crippen LogP contribution in [0.15, 0.2) is 53.9 Å². The maximum Gasteiger partial charge on any atom is 0.416 e. The summed E-state index contributed by atoms with van der Waals surface area (Å²) in [6.45, 7) is 0.902. The Hall–Kier alpha value is -2.38. The van der Waals surface area contributed by atoms with Gasteiger partial charge in [0.15, 0.2) is 0 Å². The Labute approximate surface area is 146 Å². The molecule has 7 heteroatoms. The van der Waals surface area contributed by atoms with Crippen molar-refractivity contribution in [2.45, 2.75) is 6.18 Å². The van der Waals surface area contributed by atoms with E-state index in [1.54, 1.807) is 0 Å². The number of nitrogens with zero attached hydrogens (tertiary/aromatic N) is 1. The summed E-state index contributed by atoms with van der Waals surface area (Å²) >= 11 is 1.44. The zero-order valence-electron chi connectivity index (χ0n) is 13.1. The highest BCUT2D eigenvalue weighted by atomic mass is 32.1. The lowest BCUT2D eigenvalue weighted by Crippen LogP contribution is -2.10. The van der Waals surface area contributed by atoms with Crippen LogP contribution in [0.4, 0.5) is 13.2 Å². The van der Waals surface area contributed by atoms with Gasteiger partial charge in [0, 0.05) is 23.1 Å². The first-order chi connectivity index (χ1) is 12.0. The predicted octanol–water partition coefficient (Wildman–Crippen LogP) is 4.83. The van der Waals surface area contributed by atoms with Crippen LogP contribution in [0.25, 0.3) is 21.8 Å². The van der Waals surface area contributed by atoms with E-state index in [2.05, 4.69) is 4.98 Å². The Balaban J connectivity index is 1.78. The highest BCUT2D eigenvalue weighted by Crippen LogP contribution is 2.33. The molecule has 0 atom stereocenters. The molecule has 0 radical (unpaired) electrons. The number of ether oxygens (including phenoxy) is 1. The summed E-state index contributed by atoms with van der Waals surface area (Å²) in [6, 6.07) is 12.5. The van der Waals surface area contributed by atoms with Crippen LogP contribution in [0.2, 0.25) is 0 Å². The first kappa shape index (κ1) is 17.4. The monoisotopic (exact) mass is 364 g/mol. The first-order valence-electron chi connectivity index (χ1n) is 7.54. The van der Waals surface area contributed by atoms with Gasteiger partial charge in [-0.3, -0.25) is 0 Å². The molecule has 3 rings (SSSR count). The van der Waals surface area contributed by atoms with Crippen LogP contribution in [0, 0.1) is 0 Å². The molecule has 25 heavy (non-hydrogen) atoms. The molecular formula is C18H15F3N2OS. The van der Waals surface area contributed by atoms with Crippen LogP contribution in [0.3, 0.4) is 0 Å². The van der Waals surface area contributed by atoms with Gasteiger partial charge >= 0.3 is 6.18 Å². The number of thiazole rings is 1. The van der Waals surface area contributed by atoms with Gasteiger partial charge in [-0.2, -0.15) is 13.2 Å². The molecule has 0 amide bonds. The van der Waals surface area contributed by atoms with E-state index in [1.807, 2.05) is 29.6 Å². The van der Waals surface area contributed by atoms with E-state index >= 15 is 0 Å². The van der Waals surface area contributed by atoms with Crippen LogP contribution in [-0.4, -0.2) is 18.1 Å². The minimum Gasteiger partial charge on any atom is -0.492 e. The van der Waals surface area contributed by atoms with Gasteiger partial charge in [-0.15, -0.1) is 11.3 Å². The van der Waals surface area contributed by atoms with E-state index < -0.39 is 11.7 Å². The number of alkyl halides is 3. The highest BCUT2D eigenvalue weighted by molar-refractivity contribution is 7.13. The van der Waals surface area contributed by atoms with Crippen LogP contribution < -0.4 is 10.5 Å². The minimum absolute atomic E-state index is 0.449. The number of nitrogens with two attached hydrogens (primary N) is 1. The molecule has 0 saturated carbocycles. The number of rotatable bonds is 5. The predicted molar refractivity (Wildman–Crippen MR) is 92.5 cm³/mol. The molecule has 1 heterocycles. The highest BCUT2D eigenvalue weighted by Gasteiger charge is 2.30. The molecule has 0 saturated heterocycles. The average Bonchev–Trinajstić information content (AvgIpc) is 3.10. The van der Waals surface area contributed by atoms with E-state index in [4.69, 9.17) is 10.5 Å². The molecule has 2 aromatic carbocycles. The van der Waals surface area contributed by atoms with Gasteiger partial charge in [-0.25, -0.2) is 4.98 Å². The number of halogens is 3. The molecule has 0 aliphatic rings. The summed E-state index contributed by atoms with van der Waals surface area (Å²) < 4.78 is 43.3. The lowest BCUT2D eigenvalue weighted by atomic mass is 10.1. The molecule has 130 valence electrons. The Kier molecular flexibility index (Phi) is 5.06. The number of aromatic nitrogens is 1. The fraction of sp³-hybridized carbons (Fsp3) is 0.167. The van der Waals surface area contributed by atoms with Crippen molar-refractivity contribution in [1.29, 1.82) is 0 Å². The fourth-order valence-electron chi connectivity index (χ4n) is 2.24. The molecule has 0 unspecified atom stereocenters. The quantitative estimate of drug-likeness (QED) is 0.705. The Morgan fingerprint density at radius 1 is 0.960 bits per heavy atom. The summed E-state index contributed by atoms with van der Waals surface area (Å²) in [6.07, 6.45) is -4.33. The molecule has 0 fully saturated rings. The van der Waals surface area contributed by atoms with Crippen molar-refractivity contribution in [2.75, 3.05) is 13.2 Å². The Morgan fingerprint density at radius 2 is 1.60 bits per heavy atom. The number of benzene rings is 2. The lowest BCUT2D eigenvalue weighted by molar-refractivity contribution is -0.137. The summed E-state index contributed by atoms with van der Waals surface area (Å²) in [5.74, 6) is 0.730. The second-order valence-electron chi connectivity index (χ2n) is 5.27. The Morgan fingerprint density at radius 3 is 2.20 bits per heavy atom. The number of hydrogen-bond donors (Lipinski definition) is 1. The molecule has 1 aromatic heterocycles. The molecule has 3 nitrogen and oxygen atoms in total. The van der Waals surface area contributed by atoms with Crippen molar-refractivity contribution < 1.29 is 17.9 Å². The number of hydrogen-bond acceptors (Lipinski definition) is 4. The van der Waals surface area contributed by atoms with Crippen LogP contribution in [0.5, 0.6) is 5.75 Å². The molecular weight excluding hydrogens is 349 g/mol. The van der Waals surface area contributed by atoms with Gasteiger partial charge < -0.3 is 10.5 Å². The van der Waals surface area contributed by atoms with E-state index in [0.717, 1.165) is 28.5 Å². The summed E-state index contributed by atoms with van der Waals surface area (Å²) in [5, 5.41) is 2.62. The van der Waals surface area contributed by atoms with Gasteiger partial charge in [0.2, 0.25) is 0 Å². The molecule has 0 aliphatic heterocycles. The minimum atomic E-state index is -4.33. The average molecular weight is 364 g/mol. The zero-order valence-corrected chi connectivity index (χ0v) is 13.9. The van der Waals surface area contributed by atoms with Crippen molar-refractivity contribution in [3.05, 3.63) is 59.5 Å². The summed E-state index contributed by atoms with van der Waals surface area (Å²) in [4.78, 5) is 4.51. The molecule has 0 aliphatic carbocycles. The van der Waals surface area contributed by atoms with Crippen LogP contribution >= 0.6 is 11.3 Å². The third-order valence-corrected chi connectivity index (χ3v) is 4.39. The van der Waals surface area contributed by atoms with Crippen LogP contribution in [0.1, 0.15) is 5.56 Å². The van der Waals surface area contributed by atoms with Crippen molar-refractivity contribution in [1.82, 2.24) is 4.98 Å². The summed E-state index contributed by atoms with van der Waals surface area (Å²) in [5.41, 5.74) is 6.95. The second-order valence-corrected chi connectivity index (χ2v) is 6.13. The van der Waals surface area contributed by atoms with Crippen molar-refractivity contribution in [2.24, 2.45) is 5.73 Å². The van der Waals surface area contributed by atoms with E-state index in [1.165, 1.54) is 23.5 Å². The maximum atomic E-state index is 12.6. The third-order valence-electron chi connectivity index (χ3n) is 3.50. The topological polar surface area (TPSA) is 48.1 Å². The van der Waals surface area contributed by atoms with Gasteiger partial charge in [0.1, 0.15) is 17.4 Å². The van der Waals surface area contributed by atoms with Crippen molar-refractivity contribution in [3.8, 4) is 27.6 Å². The van der Waals surface area contributed by atoms with E-state index in [-0.39, 0.29) is 0 Å². The first-order valence-corrected chi connectivity index (χ1v) is 8.42. The normalized spacial score (nSPS) is 11.5. The standard InChI is InChI=1S/C18H15F3N2OS/c19-18(20,21)14-5-1-12(2-6-14)16-11-25-17(23-16)13-3-7-15(8-4-13)24-10-9-22/h1-8,11H,9-10,22H2. The van der Waals surface area contributed by atoms with Crippen molar-refractivity contribution in [3.63, 3.8) is 0 Å². The lowest BCUT2D eigenvalue weighted by Gasteiger charge is -2.06. The smallest absolute Gasteiger partial charge is 0.416 e. The van der Waals surface area contributed by atoms with E-state index in [0.29, 0.717) is 24.4 Å². The SMILES string of the molecule is NCCOc1ccc(-c2nc(-c3ccc(C(F)(F)F)cc3)cs2)cc1. The van der Waals surface area contributed by atoms with Gasteiger partial charge in [-0.05, 0) is 36.4 Å². The third kappa shape index (κ3) is 4.18. The molecule has 0 bridgehead atoms. The summed E-state index contributed by atoms with van der Waals surface area (Å²) in [7, 11) is 0. The molecule has 3 aromatic rings. The van der Waals surface area contributed by atoms with E-state index in [9.17, 15) is 13.2 Å². The fourth-order valence-corrected chi connectivity index (χ4v) is 3.07. The molecule has 2 N–H and O–H groups in total. The zero-order chi connectivity index (χ0) is 17.9. The van der Waals surface area contributed by atoms with Gasteiger partial charge in [0.05, 0.1) is 11.3 Å². The second kappa shape index (κ2) is 7.25. The van der Waals surface area contributed by atoms with Gasteiger partial charge in [0.25, 0.3) is 0 Å². The van der Waals surface area contributed by atoms with Gasteiger partial charge in [-0.1, -0.05) is 12.1 Å². The maximum absolute atomic E-state index is 12.6. The molecule has 0 spiro atoms. The Bertz CT molecular complexity index is 827. The largest absolute Gasteiger partial charge is 0.492 e. The van der Waals surface area contributed by atoms with Crippen LogP contribution in [-0.2, 0) is 6.18 Å². The van der Waals surface area contributed by atoms with Crippen molar-refractivity contribution >= 4 is 11.3 Å².